The van der Waals surface area contributed by atoms with Crippen molar-refractivity contribution in [2.24, 2.45) is 0 Å². The topological polar surface area (TPSA) is 97.1 Å². The zero-order valence-electron chi connectivity index (χ0n) is 18.4. The minimum Gasteiger partial charge on any atom is -0.493 e. The van der Waals surface area contributed by atoms with Crippen LogP contribution >= 0.6 is 11.3 Å². The van der Waals surface area contributed by atoms with Gasteiger partial charge in [-0.05, 0) is 49.6 Å². The SMILES string of the molecule is CCc1nnc(NC(=O)/C(C#N)=C\c2ccc(OCc3cc(C)cc(C)c3)c(OC)c2)s1. The van der Waals surface area contributed by atoms with E-state index in [1.54, 1.807) is 25.3 Å². The van der Waals surface area contributed by atoms with Crippen LogP contribution in [0.4, 0.5) is 5.13 Å². The fourth-order valence-electron chi connectivity index (χ4n) is 3.13. The fraction of sp³-hybridized carbons (Fsp3) is 0.250. The molecule has 0 saturated heterocycles. The van der Waals surface area contributed by atoms with Crippen molar-refractivity contribution < 1.29 is 14.3 Å². The average molecular weight is 449 g/mol. The molecular weight excluding hydrogens is 424 g/mol. The first-order valence-corrected chi connectivity index (χ1v) is 10.9. The molecule has 3 rings (SSSR count). The molecule has 0 aliphatic rings. The van der Waals surface area contributed by atoms with Gasteiger partial charge in [0.15, 0.2) is 11.5 Å². The highest BCUT2D eigenvalue weighted by atomic mass is 32.1. The van der Waals surface area contributed by atoms with Crippen LogP contribution in [-0.4, -0.2) is 23.2 Å². The van der Waals surface area contributed by atoms with E-state index in [1.807, 2.05) is 13.0 Å². The van der Waals surface area contributed by atoms with Gasteiger partial charge in [0.25, 0.3) is 5.91 Å². The second-order valence-electron chi connectivity index (χ2n) is 7.17. The maximum atomic E-state index is 12.5. The molecule has 0 bridgehead atoms. The van der Waals surface area contributed by atoms with E-state index in [9.17, 15) is 10.1 Å². The van der Waals surface area contributed by atoms with Crippen molar-refractivity contribution in [2.45, 2.75) is 33.8 Å². The van der Waals surface area contributed by atoms with Crippen molar-refractivity contribution in [1.82, 2.24) is 10.2 Å². The third-order valence-corrected chi connectivity index (χ3v) is 5.51. The molecule has 0 radical (unpaired) electrons. The molecular formula is C24H24N4O3S. The molecule has 0 aliphatic heterocycles. The fourth-order valence-corrected chi connectivity index (χ4v) is 3.81. The lowest BCUT2D eigenvalue weighted by Gasteiger charge is -2.12. The quantitative estimate of drug-likeness (QED) is 0.391. The maximum Gasteiger partial charge on any atom is 0.268 e. The number of hydrogen-bond donors (Lipinski definition) is 1. The minimum absolute atomic E-state index is 0.0517. The lowest BCUT2D eigenvalue weighted by Crippen LogP contribution is -2.13. The van der Waals surface area contributed by atoms with Crippen molar-refractivity contribution in [3.63, 3.8) is 0 Å². The Balaban J connectivity index is 1.74. The van der Waals surface area contributed by atoms with Gasteiger partial charge in [-0.3, -0.25) is 10.1 Å². The van der Waals surface area contributed by atoms with E-state index in [1.165, 1.54) is 28.5 Å². The molecule has 0 aliphatic carbocycles. The minimum atomic E-state index is -0.541. The molecule has 0 atom stereocenters. The maximum absolute atomic E-state index is 12.5. The van der Waals surface area contributed by atoms with Crippen molar-refractivity contribution in [3.05, 3.63) is 69.2 Å². The van der Waals surface area contributed by atoms with E-state index in [-0.39, 0.29) is 5.57 Å². The van der Waals surface area contributed by atoms with Gasteiger partial charge in [-0.1, -0.05) is 53.7 Å². The first-order valence-electron chi connectivity index (χ1n) is 10.1. The highest BCUT2D eigenvalue weighted by molar-refractivity contribution is 7.15. The summed E-state index contributed by atoms with van der Waals surface area (Å²) in [5.74, 6) is 0.547. The zero-order chi connectivity index (χ0) is 23.1. The van der Waals surface area contributed by atoms with Crippen LogP contribution in [0, 0.1) is 25.2 Å². The molecule has 7 nitrogen and oxygen atoms in total. The third-order valence-electron chi connectivity index (χ3n) is 4.53. The molecule has 0 fully saturated rings. The van der Waals surface area contributed by atoms with Crippen LogP contribution in [0.15, 0.2) is 42.0 Å². The summed E-state index contributed by atoms with van der Waals surface area (Å²) in [7, 11) is 1.55. The Kier molecular flexibility index (Phi) is 7.58. The van der Waals surface area contributed by atoms with Crippen LogP contribution in [0.2, 0.25) is 0 Å². The molecule has 0 spiro atoms. The number of nitrogens with one attached hydrogen (secondary N) is 1. The number of aromatic nitrogens is 2. The number of anilines is 1. The predicted molar refractivity (Wildman–Crippen MR) is 125 cm³/mol. The number of methoxy groups -OCH3 is 1. The number of hydrogen-bond acceptors (Lipinski definition) is 7. The normalized spacial score (nSPS) is 11.0. The van der Waals surface area contributed by atoms with Crippen LogP contribution in [0.5, 0.6) is 11.5 Å². The van der Waals surface area contributed by atoms with Gasteiger partial charge in [0, 0.05) is 0 Å². The van der Waals surface area contributed by atoms with Crippen molar-refractivity contribution >= 4 is 28.5 Å². The number of carbonyl (C=O) groups is 1. The first kappa shape index (κ1) is 23.0. The number of carbonyl (C=O) groups excluding carboxylic acids is 1. The Morgan fingerprint density at radius 3 is 2.53 bits per heavy atom. The number of aryl methyl sites for hydroxylation is 3. The number of nitriles is 1. The van der Waals surface area contributed by atoms with E-state index < -0.39 is 5.91 Å². The average Bonchev–Trinajstić information content (AvgIpc) is 3.23. The van der Waals surface area contributed by atoms with Crippen LogP contribution in [0.1, 0.15) is 34.2 Å². The monoisotopic (exact) mass is 448 g/mol. The van der Waals surface area contributed by atoms with Crippen molar-refractivity contribution in [1.29, 1.82) is 5.26 Å². The molecule has 0 unspecified atom stereocenters. The summed E-state index contributed by atoms with van der Waals surface area (Å²) in [5.41, 5.74) is 4.01. The van der Waals surface area contributed by atoms with Gasteiger partial charge in [0.1, 0.15) is 23.3 Å². The lowest BCUT2D eigenvalue weighted by atomic mass is 10.1. The number of ether oxygens (including phenoxy) is 2. The lowest BCUT2D eigenvalue weighted by molar-refractivity contribution is -0.112. The van der Waals surface area contributed by atoms with Gasteiger partial charge >= 0.3 is 0 Å². The standard InChI is InChI=1S/C24H24N4O3S/c1-5-22-27-28-24(32-22)26-23(29)19(13-25)11-17-6-7-20(21(12-17)30-4)31-14-18-9-15(2)8-16(3)10-18/h6-12H,5,14H2,1-4H3,(H,26,28,29)/b19-11-. The molecule has 1 amide bonds. The van der Waals surface area contributed by atoms with Gasteiger partial charge in [-0.2, -0.15) is 5.26 Å². The summed E-state index contributed by atoms with van der Waals surface area (Å²) in [5, 5.41) is 21.1. The molecule has 1 heterocycles. The molecule has 164 valence electrons. The van der Waals surface area contributed by atoms with Gasteiger partial charge in [0.2, 0.25) is 5.13 Å². The van der Waals surface area contributed by atoms with Crippen LogP contribution in [0.25, 0.3) is 6.08 Å². The largest absolute Gasteiger partial charge is 0.493 e. The molecule has 0 saturated carbocycles. The van der Waals surface area contributed by atoms with E-state index in [4.69, 9.17) is 9.47 Å². The highest BCUT2D eigenvalue weighted by Gasteiger charge is 2.13. The predicted octanol–water partition coefficient (Wildman–Crippen LogP) is 4.85. The highest BCUT2D eigenvalue weighted by Crippen LogP contribution is 2.30. The first-order chi connectivity index (χ1) is 15.4. The summed E-state index contributed by atoms with van der Waals surface area (Å²) < 4.78 is 11.4. The summed E-state index contributed by atoms with van der Waals surface area (Å²) in [4.78, 5) is 12.5. The Hall–Kier alpha value is -3.70. The number of benzene rings is 2. The number of amides is 1. The summed E-state index contributed by atoms with van der Waals surface area (Å²) in [6.07, 6.45) is 2.22. The van der Waals surface area contributed by atoms with Crippen LogP contribution in [0.3, 0.4) is 0 Å². The Morgan fingerprint density at radius 2 is 1.91 bits per heavy atom. The second-order valence-corrected chi connectivity index (χ2v) is 8.24. The van der Waals surface area contributed by atoms with Gasteiger partial charge in [-0.15, -0.1) is 10.2 Å². The van der Waals surface area contributed by atoms with Crippen LogP contribution in [-0.2, 0) is 17.8 Å². The Morgan fingerprint density at radius 1 is 1.16 bits per heavy atom. The number of nitrogens with zero attached hydrogens (tertiary/aromatic N) is 3. The summed E-state index contributed by atoms with van der Waals surface area (Å²) >= 11 is 1.28. The number of rotatable bonds is 8. The van der Waals surface area contributed by atoms with Crippen molar-refractivity contribution in [2.75, 3.05) is 12.4 Å². The van der Waals surface area contributed by atoms with Gasteiger partial charge < -0.3 is 9.47 Å². The Labute approximate surface area is 191 Å². The molecule has 3 aromatic rings. The zero-order valence-corrected chi connectivity index (χ0v) is 19.2. The Bertz CT molecular complexity index is 1170. The molecule has 8 heteroatoms. The van der Waals surface area contributed by atoms with E-state index in [2.05, 4.69) is 47.6 Å². The molecule has 2 aromatic carbocycles. The van der Waals surface area contributed by atoms with Crippen LogP contribution < -0.4 is 14.8 Å². The van der Waals surface area contributed by atoms with Gasteiger partial charge in [-0.25, -0.2) is 0 Å². The van der Waals surface area contributed by atoms with Gasteiger partial charge in [0.05, 0.1) is 7.11 Å². The summed E-state index contributed by atoms with van der Waals surface area (Å²) in [6, 6.07) is 13.5. The van der Waals surface area contributed by atoms with E-state index in [0.29, 0.717) is 28.8 Å². The summed E-state index contributed by atoms with van der Waals surface area (Å²) in [6.45, 7) is 6.46. The molecule has 1 aromatic heterocycles. The third kappa shape index (κ3) is 5.93. The van der Waals surface area contributed by atoms with E-state index >= 15 is 0 Å². The molecule has 1 N–H and O–H groups in total. The molecule has 32 heavy (non-hydrogen) atoms. The smallest absolute Gasteiger partial charge is 0.268 e. The van der Waals surface area contributed by atoms with Crippen molar-refractivity contribution in [3.8, 4) is 17.6 Å². The van der Waals surface area contributed by atoms with E-state index in [0.717, 1.165) is 17.0 Å². The second kappa shape index (κ2) is 10.6.